The molecule has 0 spiro atoms. The molecule has 18 nitrogen and oxygen atoms in total. The Bertz CT molecular complexity index is 971. The molecule has 4 heterocycles. The van der Waals surface area contributed by atoms with E-state index in [0.717, 1.165) is 28.2 Å². The third-order valence-corrected chi connectivity index (χ3v) is 3.35. The number of rotatable bonds is 0. The number of thiazole rings is 1. The average molecular weight is 832 g/mol. The van der Waals surface area contributed by atoms with E-state index in [4.69, 9.17) is 40.5 Å². The van der Waals surface area contributed by atoms with Crippen LogP contribution in [0.2, 0.25) is 0 Å². The van der Waals surface area contributed by atoms with Crippen LogP contribution in [0.25, 0.3) is 0 Å². The Morgan fingerprint density at radius 1 is 0.636 bits per heavy atom. The van der Waals surface area contributed by atoms with Crippen LogP contribution in [0, 0.1) is 47.4 Å². The van der Waals surface area contributed by atoms with Crippen molar-refractivity contribution >= 4 is 22.9 Å². The molecule has 0 aliphatic carbocycles. The van der Waals surface area contributed by atoms with Crippen LogP contribution >= 0.6 is 22.9 Å². The van der Waals surface area contributed by atoms with Gasteiger partial charge in [0.05, 0.1) is 18.0 Å². The maximum absolute atomic E-state index is 8.81. The molecule has 328 valence electrons. The lowest BCUT2D eigenvalue weighted by atomic mass is 10.4. The van der Waals surface area contributed by atoms with Crippen molar-refractivity contribution in [3.63, 3.8) is 0 Å². The molecular formula is C35H79N10O8S2+. The van der Waals surface area contributed by atoms with E-state index in [-0.39, 0.29) is 7.43 Å². The fourth-order valence-corrected chi connectivity index (χ4v) is 2.01. The number of aromatic nitrogens is 6. The lowest BCUT2D eigenvalue weighted by Crippen LogP contribution is -2.31. The first-order valence-electron chi connectivity index (χ1n) is 17.3. The van der Waals surface area contributed by atoms with E-state index >= 15 is 0 Å². The number of hydrogen-bond acceptors (Lipinski definition) is 14. The summed E-state index contributed by atoms with van der Waals surface area (Å²) in [5, 5.41) is 43.0. The van der Waals surface area contributed by atoms with Crippen LogP contribution in [0.1, 0.15) is 110 Å². The van der Waals surface area contributed by atoms with Crippen LogP contribution in [0.5, 0.6) is 0 Å². The van der Waals surface area contributed by atoms with Gasteiger partial charge < -0.3 is 4.57 Å². The highest BCUT2D eigenvalue weighted by Gasteiger charge is 1.89. The van der Waals surface area contributed by atoms with Crippen LogP contribution < -0.4 is 4.68 Å². The number of hydrogen-bond donors (Lipinski definition) is 0. The predicted octanol–water partition coefficient (Wildman–Crippen LogP) is 10.3. The van der Waals surface area contributed by atoms with Crippen LogP contribution in [0.15, 0.2) is 71.9 Å². The zero-order chi connectivity index (χ0) is 45.8. The standard InChI is InChI=1S/C6H9N2.C4H6N2.2C3H3NS.7C2H6.4CH3NO2.CH4/c1-6-3-4-7-8(2)5-6;1-6-3-2-5-4-6;1-2-5-3-4-1;1-2-4-5-3-1;7*1-2;4*1-2(3)4;/h3-5H,1-2H3;2-4H,1H3;2*1-3H;7*1-2H3;4*1H3;1H4/q+1;;;;;;;;;;;;;;;. The highest BCUT2D eigenvalue weighted by atomic mass is 32.1. The van der Waals surface area contributed by atoms with Crippen molar-refractivity contribution in [1.82, 2.24) is 24.0 Å². The zero-order valence-corrected chi connectivity index (χ0v) is 38.6. The lowest BCUT2D eigenvalue weighted by Gasteiger charge is -1.83. The first-order valence-corrected chi connectivity index (χ1v) is 19.1. The fourth-order valence-electron chi connectivity index (χ4n) is 1.30. The van der Waals surface area contributed by atoms with E-state index in [1.807, 2.05) is 158 Å². The highest BCUT2D eigenvalue weighted by molar-refractivity contribution is 7.07. The van der Waals surface area contributed by atoms with Gasteiger partial charge in [-0.2, -0.15) is 0 Å². The topological polar surface area (TPSA) is 233 Å². The van der Waals surface area contributed by atoms with Gasteiger partial charge in [0.1, 0.15) is 0 Å². The van der Waals surface area contributed by atoms with E-state index < -0.39 is 19.7 Å². The zero-order valence-electron chi connectivity index (χ0n) is 37.0. The normalized spacial score (nSPS) is 6.35. The van der Waals surface area contributed by atoms with Gasteiger partial charge in [-0.15, -0.1) is 11.3 Å². The van der Waals surface area contributed by atoms with Crippen molar-refractivity contribution < 1.29 is 24.4 Å². The fraction of sp³-hybridized carbons (Fsp3) is 0.629. The number of aryl methyl sites for hydroxylation is 3. The van der Waals surface area contributed by atoms with Gasteiger partial charge in [0.25, 0.3) is 0 Å². The molecule has 55 heavy (non-hydrogen) atoms. The van der Waals surface area contributed by atoms with Crippen LogP contribution in [0.4, 0.5) is 0 Å². The Balaban J connectivity index is -0.0000000370. The molecule has 0 atom stereocenters. The summed E-state index contributed by atoms with van der Waals surface area (Å²) in [6.07, 6.45) is 12.7. The lowest BCUT2D eigenvalue weighted by molar-refractivity contribution is -0.731. The van der Waals surface area contributed by atoms with Gasteiger partial charge in [-0.1, -0.05) is 109 Å². The summed E-state index contributed by atoms with van der Waals surface area (Å²) in [5.74, 6) is 0. The third-order valence-electron chi connectivity index (χ3n) is 2.31. The highest BCUT2D eigenvalue weighted by Crippen LogP contribution is 1.86. The summed E-state index contributed by atoms with van der Waals surface area (Å²) in [6, 6.07) is 3.88. The summed E-state index contributed by atoms with van der Waals surface area (Å²) in [4.78, 5) is 40.7. The van der Waals surface area contributed by atoms with E-state index in [1.54, 1.807) is 52.6 Å². The van der Waals surface area contributed by atoms with Crippen molar-refractivity contribution in [2.24, 2.45) is 14.1 Å². The van der Waals surface area contributed by atoms with Gasteiger partial charge in [0, 0.05) is 67.9 Å². The minimum atomic E-state index is -0.500. The maximum Gasteiger partial charge on any atom is 0.198 e. The molecule has 0 radical (unpaired) electrons. The maximum atomic E-state index is 8.81. The molecule has 0 aliphatic heterocycles. The molecular weight excluding hydrogens is 753 g/mol. The molecule has 0 saturated carbocycles. The largest absolute Gasteiger partial charge is 0.341 e. The molecule has 0 aliphatic rings. The summed E-state index contributed by atoms with van der Waals surface area (Å²) < 4.78 is 7.44. The Hall–Kier alpha value is -4.85. The smallest absolute Gasteiger partial charge is 0.198 e. The molecule has 0 N–H and O–H groups in total. The van der Waals surface area contributed by atoms with E-state index in [9.17, 15) is 0 Å². The number of nitrogens with zero attached hydrogens (tertiary/aromatic N) is 10. The van der Waals surface area contributed by atoms with Crippen molar-refractivity contribution in [3.05, 3.63) is 118 Å². The Morgan fingerprint density at radius 2 is 1.02 bits per heavy atom. The monoisotopic (exact) mass is 832 g/mol. The minimum absolute atomic E-state index is 0. The first kappa shape index (κ1) is 83.2. The third kappa shape index (κ3) is 223. The van der Waals surface area contributed by atoms with Gasteiger partial charge in [-0.05, 0) is 35.7 Å². The SMILES string of the molecule is C.CC.CC.CC.CC.CC.CC.CC.C[N+](=O)[O-].C[N+](=O)[O-].C[N+](=O)[O-].C[N+](=O)[O-].Cc1ccn[n+](C)c1.Cn1ccnc1.c1cnsc1.c1cscn1. The molecule has 4 aromatic rings. The Labute approximate surface area is 341 Å². The summed E-state index contributed by atoms with van der Waals surface area (Å²) in [6.45, 7) is 30.0. The van der Waals surface area contributed by atoms with Crippen molar-refractivity contribution in [2.75, 3.05) is 28.2 Å². The number of nitro groups is 4. The predicted molar refractivity (Wildman–Crippen MR) is 235 cm³/mol. The van der Waals surface area contributed by atoms with Crippen molar-refractivity contribution in [2.45, 2.75) is 111 Å². The minimum Gasteiger partial charge on any atom is -0.341 e. The second kappa shape index (κ2) is 97.7. The first-order chi connectivity index (χ1) is 25.6. The van der Waals surface area contributed by atoms with Gasteiger partial charge in [-0.25, -0.2) is 9.36 Å². The molecule has 0 aromatic carbocycles. The molecule has 4 aromatic heterocycles. The van der Waals surface area contributed by atoms with E-state index in [1.165, 1.54) is 17.1 Å². The van der Waals surface area contributed by atoms with Gasteiger partial charge in [-0.3, -0.25) is 45.4 Å². The van der Waals surface area contributed by atoms with E-state index in [0.29, 0.717) is 0 Å². The molecule has 0 fully saturated rings. The molecule has 0 amide bonds. The second-order valence-electron chi connectivity index (χ2n) is 6.23. The quantitative estimate of drug-likeness (QED) is 0.0914. The summed E-state index contributed by atoms with van der Waals surface area (Å²) in [7, 11) is 7.40. The molecule has 4 rings (SSSR count). The summed E-state index contributed by atoms with van der Waals surface area (Å²) >= 11 is 3.06. The molecule has 0 saturated heterocycles. The van der Waals surface area contributed by atoms with Crippen LogP contribution in [-0.2, 0) is 14.1 Å². The van der Waals surface area contributed by atoms with Gasteiger partial charge in [0.15, 0.2) is 41.4 Å². The average Bonchev–Trinajstić information content (AvgIpc) is 3.98. The van der Waals surface area contributed by atoms with Crippen LogP contribution in [0.3, 0.4) is 0 Å². The molecule has 0 bridgehead atoms. The van der Waals surface area contributed by atoms with Crippen LogP contribution in [-0.4, -0.2) is 71.9 Å². The van der Waals surface area contributed by atoms with Gasteiger partial charge >= 0.3 is 0 Å². The molecule has 0 unspecified atom stereocenters. The van der Waals surface area contributed by atoms with Crippen molar-refractivity contribution in [1.29, 1.82) is 0 Å². The second-order valence-corrected chi connectivity index (χ2v) is 7.68. The Morgan fingerprint density at radius 3 is 1.13 bits per heavy atom. The summed E-state index contributed by atoms with van der Waals surface area (Å²) in [5.41, 5.74) is 3.03. The Kier molecular flexibility index (Phi) is 148. The molecule has 20 heteroatoms. The van der Waals surface area contributed by atoms with Crippen molar-refractivity contribution in [3.8, 4) is 0 Å². The van der Waals surface area contributed by atoms with E-state index in [2.05, 4.69) is 19.4 Å². The number of imidazole rings is 1. The van der Waals surface area contributed by atoms with Gasteiger partial charge in [0.2, 0.25) is 0 Å².